The van der Waals surface area contributed by atoms with E-state index in [1.54, 1.807) is 0 Å². The maximum atomic E-state index is 13.9. The van der Waals surface area contributed by atoms with Gasteiger partial charge in [0.25, 0.3) is 0 Å². The van der Waals surface area contributed by atoms with Crippen molar-refractivity contribution in [3.05, 3.63) is 0 Å². The molecule has 1 heterocycles. The average Bonchev–Trinajstić information content (AvgIpc) is 0.806. The molecule has 0 radical (unpaired) electrons. The number of hydrogen-bond acceptors (Lipinski definition) is 13. The average molecular weight is 1460 g/mol. The number of esters is 4. The SMILES string of the molecule is CCCCCCCCCCCCCCCC(=O)NCCCC(=O)OC[C@H]1OC[C@H](OC(=O)CCCNC(=O)CCCCCCCCCCCCCCC)[C@@H](OC(=O)CCCNC(=O)CCCCCCCCCCCCCCC)[C@@H]1OC(=O)CCCNC(=O)CCCCCCCCCCCCCCC. The first-order valence-electron chi connectivity index (χ1n) is 43.9. The molecular weight excluding hydrogens is 1300 g/mol. The van der Waals surface area contributed by atoms with Crippen LogP contribution >= 0.6 is 0 Å². The molecule has 17 heteroatoms. The molecule has 0 spiro atoms. The highest BCUT2D eigenvalue weighted by Gasteiger charge is 2.48. The van der Waals surface area contributed by atoms with Crippen molar-refractivity contribution in [1.82, 2.24) is 21.3 Å². The minimum atomic E-state index is -1.38. The Morgan fingerprint density at radius 2 is 0.466 bits per heavy atom. The van der Waals surface area contributed by atoms with Gasteiger partial charge in [0.1, 0.15) is 12.7 Å². The third-order valence-corrected chi connectivity index (χ3v) is 20.3. The monoisotopic (exact) mass is 1460 g/mol. The summed E-state index contributed by atoms with van der Waals surface area (Å²) in [5.74, 6) is -2.83. The zero-order valence-corrected chi connectivity index (χ0v) is 67.1. The predicted octanol–water partition coefficient (Wildman–Crippen LogP) is 21.2. The van der Waals surface area contributed by atoms with Crippen LogP contribution in [0.4, 0.5) is 0 Å². The van der Waals surface area contributed by atoms with Crippen LogP contribution in [0.2, 0.25) is 0 Å². The second kappa shape index (κ2) is 74.6. The predicted molar refractivity (Wildman–Crippen MR) is 421 cm³/mol. The first-order valence-corrected chi connectivity index (χ1v) is 43.9. The zero-order chi connectivity index (χ0) is 74.8. The molecule has 103 heavy (non-hydrogen) atoms. The maximum Gasteiger partial charge on any atom is 0.306 e. The number of carbonyl (C=O) groups excluding carboxylic acids is 8. The van der Waals surface area contributed by atoms with Crippen LogP contribution in [0.25, 0.3) is 0 Å². The van der Waals surface area contributed by atoms with Crippen LogP contribution in [0.15, 0.2) is 0 Å². The Morgan fingerprint density at radius 1 is 0.252 bits per heavy atom. The van der Waals surface area contributed by atoms with Gasteiger partial charge in [-0.2, -0.15) is 0 Å². The molecule has 1 aliphatic rings. The van der Waals surface area contributed by atoms with Gasteiger partial charge in [-0.25, -0.2) is 0 Å². The molecule has 0 aromatic carbocycles. The first-order chi connectivity index (χ1) is 50.4. The molecule has 1 saturated heterocycles. The lowest BCUT2D eigenvalue weighted by Gasteiger charge is -2.40. The van der Waals surface area contributed by atoms with Crippen LogP contribution < -0.4 is 21.3 Å². The molecule has 4 N–H and O–H groups in total. The summed E-state index contributed by atoms with van der Waals surface area (Å²) in [6, 6.07) is 0. The zero-order valence-electron chi connectivity index (χ0n) is 67.1. The number of unbranched alkanes of at least 4 members (excludes halogenated alkanes) is 48. The lowest BCUT2D eigenvalue weighted by atomic mass is 9.99. The molecule has 1 fully saturated rings. The van der Waals surface area contributed by atoms with Crippen LogP contribution in [0, 0.1) is 0 Å². The van der Waals surface area contributed by atoms with E-state index >= 15 is 0 Å². The van der Waals surface area contributed by atoms with E-state index in [1.807, 2.05) is 0 Å². The standard InChI is InChI=1S/C86H160N4O13/c1-5-9-13-17-21-25-29-33-37-41-45-49-53-61-77(91)87-69-57-65-81(95)100-73-75-85(102-83(97)67-59-71-89-79(93)63-55-51-47-43-39-35-31-27-23-19-15-11-7-3)86(103-84(98)68-60-72-90-80(94)64-56-52-48-44-40-36-32-28-24-20-16-12-8-4)76(74-99-75)101-82(96)66-58-70-88-78(92)62-54-50-46-42-38-34-30-26-22-18-14-10-6-2/h75-76,85-86H,5-74H2,1-4H3,(H,87,91)(H,88,92)(H,89,93)(H,90,94)/t75-,76+,85-,86-/m1/s1. The van der Waals surface area contributed by atoms with Crippen LogP contribution in [-0.4, -0.2) is 111 Å². The Balaban J connectivity index is 2.98. The molecule has 602 valence electrons. The van der Waals surface area contributed by atoms with Crippen molar-refractivity contribution in [2.45, 2.75) is 463 Å². The molecule has 0 aromatic rings. The molecule has 0 bridgehead atoms. The second-order valence-corrected chi connectivity index (χ2v) is 30.3. The van der Waals surface area contributed by atoms with Gasteiger partial charge in [-0.05, 0) is 51.4 Å². The minimum Gasteiger partial charge on any atom is -0.463 e. The minimum absolute atomic E-state index is 0.00421. The van der Waals surface area contributed by atoms with E-state index in [0.29, 0.717) is 45.1 Å². The lowest BCUT2D eigenvalue weighted by molar-refractivity contribution is -0.233. The number of rotatable bonds is 77. The van der Waals surface area contributed by atoms with E-state index in [1.165, 1.54) is 257 Å². The van der Waals surface area contributed by atoms with Gasteiger partial charge in [0.15, 0.2) is 18.3 Å². The molecule has 17 nitrogen and oxygen atoms in total. The van der Waals surface area contributed by atoms with Gasteiger partial charge in [-0.15, -0.1) is 0 Å². The number of carbonyl (C=O) groups is 8. The summed E-state index contributed by atoms with van der Waals surface area (Å²) in [6.45, 7) is 9.38. The number of nitrogens with one attached hydrogen (secondary N) is 4. The molecule has 1 rings (SSSR count). The molecule has 0 unspecified atom stereocenters. The van der Waals surface area contributed by atoms with E-state index in [-0.39, 0.29) is 95.0 Å². The molecule has 4 atom stereocenters. The van der Waals surface area contributed by atoms with Crippen molar-refractivity contribution in [2.24, 2.45) is 0 Å². The quantitative estimate of drug-likeness (QED) is 0.0253. The van der Waals surface area contributed by atoms with Crippen molar-refractivity contribution in [3.63, 3.8) is 0 Å². The molecular formula is C86H160N4O13. The third kappa shape index (κ3) is 64.6. The summed E-state index contributed by atoms with van der Waals surface area (Å²) < 4.78 is 30.2. The fourth-order valence-electron chi connectivity index (χ4n) is 13.7. The van der Waals surface area contributed by atoms with Crippen molar-refractivity contribution >= 4 is 47.5 Å². The van der Waals surface area contributed by atoms with Crippen LogP contribution in [0.3, 0.4) is 0 Å². The summed E-state index contributed by atoms with van der Waals surface area (Å²) in [7, 11) is 0. The Hall–Kier alpha value is -4.28. The summed E-state index contributed by atoms with van der Waals surface area (Å²) in [5.41, 5.74) is 0. The highest BCUT2D eigenvalue weighted by atomic mass is 16.7. The van der Waals surface area contributed by atoms with E-state index in [2.05, 4.69) is 49.0 Å². The largest absolute Gasteiger partial charge is 0.463 e. The highest BCUT2D eigenvalue weighted by Crippen LogP contribution is 2.27. The molecule has 0 aromatic heterocycles. The number of ether oxygens (including phenoxy) is 5. The number of amides is 4. The highest BCUT2D eigenvalue weighted by molar-refractivity contribution is 5.77. The normalized spacial score (nSPS) is 15.0. The lowest BCUT2D eigenvalue weighted by Crippen LogP contribution is -2.59. The Morgan fingerprint density at radius 3 is 0.718 bits per heavy atom. The van der Waals surface area contributed by atoms with Crippen molar-refractivity contribution in [1.29, 1.82) is 0 Å². The summed E-state index contributed by atoms with van der Waals surface area (Å²) in [6.07, 6.45) is 61.0. The molecule has 0 aliphatic carbocycles. The van der Waals surface area contributed by atoms with E-state index in [4.69, 9.17) is 23.7 Å². The van der Waals surface area contributed by atoms with E-state index in [9.17, 15) is 38.4 Å². The fourth-order valence-corrected chi connectivity index (χ4v) is 13.7. The van der Waals surface area contributed by atoms with Crippen LogP contribution in [0.5, 0.6) is 0 Å². The van der Waals surface area contributed by atoms with Gasteiger partial charge in [-0.1, -0.05) is 336 Å². The summed E-state index contributed by atoms with van der Waals surface area (Å²) in [4.78, 5) is 106. The van der Waals surface area contributed by atoms with Gasteiger partial charge >= 0.3 is 23.9 Å². The third-order valence-electron chi connectivity index (χ3n) is 20.3. The van der Waals surface area contributed by atoms with E-state index < -0.39 is 48.3 Å². The topological polar surface area (TPSA) is 231 Å². The smallest absolute Gasteiger partial charge is 0.306 e. The maximum absolute atomic E-state index is 13.9. The van der Waals surface area contributed by atoms with E-state index in [0.717, 1.165) is 77.0 Å². The molecule has 4 amide bonds. The van der Waals surface area contributed by atoms with Gasteiger partial charge < -0.3 is 45.0 Å². The fraction of sp³-hybridized carbons (Fsp3) is 0.907. The van der Waals surface area contributed by atoms with Crippen LogP contribution in [0.1, 0.15) is 439 Å². The first kappa shape index (κ1) is 96.7. The van der Waals surface area contributed by atoms with Crippen molar-refractivity contribution in [3.8, 4) is 0 Å². The molecule has 0 saturated carbocycles. The van der Waals surface area contributed by atoms with Gasteiger partial charge in [-0.3, -0.25) is 38.4 Å². The van der Waals surface area contributed by atoms with Crippen molar-refractivity contribution in [2.75, 3.05) is 39.4 Å². The number of hydrogen-bond donors (Lipinski definition) is 4. The summed E-state index contributed by atoms with van der Waals surface area (Å²) in [5, 5.41) is 11.7. The van der Waals surface area contributed by atoms with Crippen molar-refractivity contribution < 1.29 is 62.0 Å². The second-order valence-electron chi connectivity index (χ2n) is 30.3. The summed E-state index contributed by atoms with van der Waals surface area (Å²) >= 11 is 0. The Labute approximate surface area is 630 Å². The van der Waals surface area contributed by atoms with Gasteiger partial charge in [0.2, 0.25) is 23.6 Å². The molecule has 1 aliphatic heterocycles. The van der Waals surface area contributed by atoms with Gasteiger partial charge in [0.05, 0.1) is 6.61 Å². The van der Waals surface area contributed by atoms with Gasteiger partial charge in [0, 0.05) is 77.5 Å². The van der Waals surface area contributed by atoms with Crippen LogP contribution in [-0.2, 0) is 62.0 Å². The Bertz CT molecular complexity index is 2030. The Kier molecular flexibility index (Phi) is 70.0.